The fourth-order valence-corrected chi connectivity index (χ4v) is 2.61. The summed E-state index contributed by atoms with van der Waals surface area (Å²) in [4.78, 5) is 24.1. The van der Waals surface area contributed by atoms with E-state index in [4.69, 9.17) is 0 Å². The van der Waals surface area contributed by atoms with Crippen LogP contribution in [0.2, 0.25) is 0 Å². The van der Waals surface area contributed by atoms with Gasteiger partial charge in [-0.05, 0) is 24.3 Å². The lowest BCUT2D eigenvalue weighted by Crippen LogP contribution is -2.29. The van der Waals surface area contributed by atoms with E-state index in [2.05, 4.69) is 4.74 Å². The van der Waals surface area contributed by atoms with Gasteiger partial charge in [-0.1, -0.05) is 0 Å². The van der Waals surface area contributed by atoms with Crippen LogP contribution in [0.5, 0.6) is 0 Å². The third-order valence-electron chi connectivity index (χ3n) is 2.47. The quantitative estimate of drug-likeness (QED) is 0.523. The fourth-order valence-electron chi connectivity index (χ4n) is 1.72. The molecule has 0 spiro atoms. The first-order chi connectivity index (χ1) is 6.74. The van der Waals surface area contributed by atoms with E-state index in [9.17, 15) is 9.59 Å². The van der Waals surface area contributed by atoms with Gasteiger partial charge >= 0.3 is 5.97 Å². The number of carbonyl (C=O) groups is 2. The van der Waals surface area contributed by atoms with Crippen molar-refractivity contribution in [1.82, 2.24) is 0 Å². The number of Topliss-reactive ketones (excluding diaryl/α,β-unsaturated/α-hetero) is 1. The second kappa shape index (κ2) is 3.53. The summed E-state index contributed by atoms with van der Waals surface area (Å²) in [6.07, 6.45) is 1.39. The Labute approximate surface area is 85.7 Å². The van der Waals surface area contributed by atoms with Crippen LogP contribution in [0.3, 0.4) is 0 Å². The molecule has 4 heteroatoms. The van der Waals surface area contributed by atoms with E-state index in [1.807, 2.05) is 5.38 Å². The zero-order valence-corrected chi connectivity index (χ0v) is 8.60. The number of rotatable bonds is 1. The average molecular weight is 210 g/mol. The highest BCUT2D eigenvalue weighted by atomic mass is 32.1. The Hall–Kier alpha value is -1.16. The maximum atomic E-state index is 11.8. The molecule has 0 amide bonds. The van der Waals surface area contributed by atoms with E-state index >= 15 is 0 Å². The van der Waals surface area contributed by atoms with Crippen LogP contribution in [0.1, 0.15) is 21.7 Å². The molecule has 1 atom stereocenters. The number of esters is 1. The predicted molar refractivity (Wildman–Crippen MR) is 52.5 cm³/mol. The third kappa shape index (κ3) is 1.35. The molecule has 1 aromatic rings. The van der Waals surface area contributed by atoms with Crippen LogP contribution in [-0.2, 0) is 16.0 Å². The molecule has 0 saturated carbocycles. The van der Waals surface area contributed by atoms with Crippen molar-refractivity contribution in [3.8, 4) is 0 Å². The topological polar surface area (TPSA) is 43.4 Å². The summed E-state index contributed by atoms with van der Waals surface area (Å²) >= 11 is 1.58. The lowest BCUT2D eigenvalue weighted by molar-refractivity contribution is -0.143. The van der Waals surface area contributed by atoms with Gasteiger partial charge in [0.05, 0.1) is 7.11 Å². The molecule has 74 valence electrons. The van der Waals surface area contributed by atoms with Crippen LogP contribution in [0.4, 0.5) is 0 Å². The lowest BCUT2D eigenvalue weighted by atomic mass is 9.87. The summed E-state index contributed by atoms with van der Waals surface area (Å²) in [5.74, 6) is -1.08. The van der Waals surface area contributed by atoms with Gasteiger partial charge in [0.2, 0.25) is 0 Å². The smallest absolute Gasteiger partial charge is 0.316 e. The van der Waals surface area contributed by atoms with Crippen LogP contribution in [0.15, 0.2) is 11.4 Å². The lowest BCUT2D eigenvalue weighted by Gasteiger charge is -2.18. The summed E-state index contributed by atoms with van der Waals surface area (Å²) in [6, 6.07) is 1.79. The first kappa shape index (κ1) is 9.40. The molecule has 2 rings (SSSR count). The van der Waals surface area contributed by atoms with Crippen LogP contribution in [-0.4, -0.2) is 18.9 Å². The number of thiophene rings is 1. The second-order valence-electron chi connectivity index (χ2n) is 3.24. The predicted octanol–water partition coefficient (Wildman–Crippen LogP) is 1.67. The Morgan fingerprint density at radius 2 is 2.43 bits per heavy atom. The largest absolute Gasteiger partial charge is 0.468 e. The SMILES string of the molecule is COC(=O)[C@@H]1CCc2sccc2C1=O. The van der Waals surface area contributed by atoms with Gasteiger partial charge in [-0.25, -0.2) is 0 Å². The van der Waals surface area contributed by atoms with E-state index in [1.54, 1.807) is 17.4 Å². The van der Waals surface area contributed by atoms with Crippen molar-refractivity contribution in [3.05, 3.63) is 21.9 Å². The Bertz CT molecular complexity index is 380. The zero-order chi connectivity index (χ0) is 10.1. The summed E-state index contributed by atoms with van der Waals surface area (Å²) in [6.45, 7) is 0. The maximum absolute atomic E-state index is 11.8. The number of fused-ring (bicyclic) bond motifs is 1. The standard InChI is InChI=1S/C10H10O3S/c1-13-10(12)7-2-3-8-6(9(7)11)4-5-14-8/h4-5,7H,2-3H2,1H3/t7-/m1/s1. The van der Waals surface area contributed by atoms with Crippen molar-refractivity contribution < 1.29 is 14.3 Å². The summed E-state index contributed by atoms with van der Waals surface area (Å²) in [5, 5.41) is 1.89. The highest BCUT2D eigenvalue weighted by Crippen LogP contribution is 2.29. The fraction of sp³-hybridized carbons (Fsp3) is 0.400. The molecule has 0 radical (unpaired) electrons. The Balaban J connectivity index is 2.30. The number of methoxy groups -OCH3 is 1. The van der Waals surface area contributed by atoms with Gasteiger partial charge in [-0.2, -0.15) is 0 Å². The normalized spacial score (nSPS) is 20.4. The van der Waals surface area contributed by atoms with Gasteiger partial charge < -0.3 is 4.74 Å². The molecule has 0 aromatic carbocycles. The van der Waals surface area contributed by atoms with Crippen LogP contribution < -0.4 is 0 Å². The average Bonchev–Trinajstić information content (AvgIpc) is 2.66. The molecule has 0 unspecified atom stereocenters. The molecule has 0 bridgehead atoms. The molecule has 14 heavy (non-hydrogen) atoms. The van der Waals surface area contributed by atoms with Crippen molar-refractivity contribution in [2.45, 2.75) is 12.8 Å². The summed E-state index contributed by atoms with van der Waals surface area (Å²) in [5.41, 5.74) is 0.705. The zero-order valence-electron chi connectivity index (χ0n) is 7.78. The number of aryl methyl sites for hydroxylation is 1. The van der Waals surface area contributed by atoms with Crippen molar-refractivity contribution >= 4 is 23.1 Å². The molecule has 0 aliphatic heterocycles. The summed E-state index contributed by atoms with van der Waals surface area (Å²) in [7, 11) is 1.32. The van der Waals surface area contributed by atoms with E-state index in [1.165, 1.54) is 7.11 Å². The molecule has 1 aliphatic carbocycles. The highest BCUT2D eigenvalue weighted by molar-refractivity contribution is 7.10. The van der Waals surface area contributed by atoms with Crippen LogP contribution in [0, 0.1) is 5.92 Å². The number of hydrogen-bond acceptors (Lipinski definition) is 4. The highest BCUT2D eigenvalue weighted by Gasteiger charge is 2.33. The summed E-state index contributed by atoms with van der Waals surface area (Å²) < 4.78 is 4.60. The minimum Gasteiger partial charge on any atom is -0.468 e. The van der Waals surface area contributed by atoms with Crippen LogP contribution >= 0.6 is 11.3 Å². The maximum Gasteiger partial charge on any atom is 0.316 e. The first-order valence-electron chi connectivity index (χ1n) is 4.42. The van der Waals surface area contributed by atoms with Gasteiger partial charge in [0.1, 0.15) is 5.92 Å². The van der Waals surface area contributed by atoms with Gasteiger partial charge in [-0.3, -0.25) is 9.59 Å². The minimum absolute atomic E-state index is 0.0839. The Morgan fingerprint density at radius 1 is 1.64 bits per heavy atom. The molecule has 3 nitrogen and oxygen atoms in total. The minimum atomic E-state index is -0.581. The molecule has 0 fully saturated rings. The number of hydrogen-bond donors (Lipinski definition) is 0. The van der Waals surface area contributed by atoms with Gasteiger partial charge in [-0.15, -0.1) is 11.3 Å². The molecule has 1 aromatic heterocycles. The van der Waals surface area contributed by atoms with Crippen molar-refractivity contribution in [2.75, 3.05) is 7.11 Å². The monoisotopic (exact) mass is 210 g/mol. The van der Waals surface area contributed by atoms with Gasteiger partial charge in [0, 0.05) is 10.4 Å². The van der Waals surface area contributed by atoms with E-state index in [0.717, 1.165) is 11.3 Å². The molecule has 1 heterocycles. The van der Waals surface area contributed by atoms with Crippen LogP contribution in [0.25, 0.3) is 0 Å². The number of ketones is 1. The molecule has 0 N–H and O–H groups in total. The van der Waals surface area contributed by atoms with E-state index in [0.29, 0.717) is 12.0 Å². The number of carbonyl (C=O) groups excluding carboxylic acids is 2. The van der Waals surface area contributed by atoms with Gasteiger partial charge in [0.15, 0.2) is 5.78 Å². The Kier molecular flexibility index (Phi) is 2.37. The molecular weight excluding hydrogens is 200 g/mol. The van der Waals surface area contributed by atoms with E-state index < -0.39 is 11.9 Å². The number of ether oxygens (including phenoxy) is 1. The van der Waals surface area contributed by atoms with Crippen molar-refractivity contribution in [1.29, 1.82) is 0 Å². The second-order valence-corrected chi connectivity index (χ2v) is 4.24. The Morgan fingerprint density at radius 3 is 3.14 bits per heavy atom. The third-order valence-corrected chi connectivity index (χ3v) is 3.45. The molecule has 0 saturated heterocycles. The molecular formula is C10H10O3S. The van der Waals surface area contributed by atoms with E-state index in [-0.39, 0.29) is 5.78 Å². The van der Waals surface area contributed by atoms with Crippen molar-refractivity contribution in [2.24, 2.45) is 5.92 Å². The first-order valence-corrected chi connectivity index (χ1v) is 5.30. The molecule has 1 aliphatic rings. The van der Waals surface area contributed by atoms with Crippen molar-refractivity contribution in [3.63, 3.8) is 0 Å². The van der Waals surface area contributed by atoms with Gasteiger partial charge in [0.25, 0.3) is 0 Å².